The van der Waals surface area contributed by atoms with Gasteiger partial charge in [-0.25, -0.2) is 0 Å². The Morgan fingerprint density at radius 1 is 0.885 bits per heavy atom. The fourth-order valence-electron chi connectivity index (χ4n) is 2.62. The van der Waals surface area contributed by atoms with E-state index < -0.39 is 11.8 Å². The largest absolute Gasteiger partial charge is 0.491 e. The first-order valence-electron chi connectivity index (χ1n) is 9.88. The second kappa shape index (κ2) is 13.2. The van der Waals surface area contributed by atoms with Crippen molar-refractivity contribution in [1.29, 1.82) is 0 Å². The van der Waals surface area contributed by atoms with Gasteiger partial charge in [0.2, 0.25) is 0 Å². The second-order valence-electron chi connectivity index (χ2n) is 6.88. The van der Waals surface area contributed by atoms with Crippen molar-refractivity contribution >= 4 is 17.5 Å². The predicted molar refractivity (Wildman–Crippen MR) is 106 cm³/mol. The number of rotatable bonds is 12. The minimum atomic E-state index is -0.637. The fourth-order valence-corrected chi connectivity index (χ4v) is 2.62. The van der Waals surface area contributed by atoms with Gasteiger partial charge in [-0.1, -0.05) is 51.9 Å². The summed E-state index contributed by atoms with van der Waals surface area (Å²) in [5.74, 6) is -0.491. The third-order valence-electron chi connectivity index (χ3n) is 4.01. The number of nitrogens with one attached hydrogen (secondary N) is 2. The number of benzene rings is 1. The normalized spacial score (nSPS) is 10.6. The van der Waals surface area contributed by atoms with Gasteiger partial charge in [-0.05, 0) is 44.5 Å². The van der Waals surface area contributed by atoms with Crippen LogP contribution in [0.4, 0.5) is 5.69 Å². The Hall–Kier alpha value is -2.04. The average Bonchev–Trinajstić information content (AvgIpc) is 2.61. The molecule has 5 heteroatoms. The Kier molecular flexibility index (Phi) is 11.2. The molecule has 0 radical (unpaired) electrons. The Balaban J connectivity index is 2.15. The van der Waals surface area contributed by atoms with Gasteiger partial charge >= 0.3 is 11.8 Å². The topological polar surface area (TPSA) is 67.4 Å². The molecule has 2 amide bonds. The number of unbranched alkanes of at least 4 members (excludes halogenated alkanes) is 7. The second-order valence-corrected chi connectivity index (χ2v) is 6.88. The lowest BCUT2D eigenvalue weighted by molar-refractivity contribution is -0.136. The molecule has 0 aromatic heterocycles. The van der Waals surface area contributed by atoms with Crippen molar-refractivity contribution in [3.63, 3.8) is 0 Å². The maximum absolute atomic E-state index is 11.9. The van der Waals surface area contributed by atoms with Gasteiger partial charge in [0, 0.05) is 12.2 Å². The van der Waals surface area contributed by atoms with Gasteiger partial charge in [0.15, 0.2) is 0 Å². The Morgan fingerprint density at radius 2 is 1.46 bits per heavy atom. The molecule has 0 atom stereocenters. The van der Waals surface area contributed by atoms with Crippen molar-refractivity contribution < 1.29 is 14.3 Å². The molecule has 0 aliphatic carbocycles. The third-order valence-corrected chi connectivity index (χ3v) is 4.01. The van der Waals surface area contributed by atoms with E-state index >= 15 is 0 Å². The lowest BCUT2D eigenvalue weighted by Gasteiger charge is -2.10. The van der Waals surface area contributed by atoms with Crippen molar-refractivity contribution in [3.05, 3.63) is 24.3 Å². The Labute approximate surface area is 157 Å². The summed E-state index contributed by atoms with van der Waals surface area (Å²) in [5.41, 5.74) is 0.577. The number of amides is 2. The minimum Gasteiger partial charge on any atom is -0.491 e. The first-order chi connectivity index (χ1) is 12.5. The fraction of sp³-hybridized carbons (Fsp3) is 0.619. The number of ether oxygens (including phenoxy) is 1. The van der Waals surface area contributed by atoms with Crippen molar-refractivity contribution in [3.8, 4) is 5.75 Å². The van der Waals surface area contributed by atoms with E-state index in [9.17, 15) is 9.59 Å². The van der Waals surface area contributed by atoms with E-state index in [1.54, 1.807) is 24.3 Å². The van der Waals surface area contributed by atoms with E-state index in [4.69, 9.17) is 4.74 Å². The van der Waals surface area contributed by atoms with E-state index in [1.165, 1.54) is 38.5 Å². The highest BCUT2D eigenvalue weighted by atomic mass is 16.5. The highest BCUT2D eigenvalue weighted by Crippen LogP contribution is 2.16. The number of carbonyl (C=O) groups is 2. The van der Waals surface area contributed by atoms with Gasteiger partial charge in [-0.2, -0.15) is 0 Å². The highest BCUT2D eigenvalue weighted by molar-refractivity contribution is 6.39. The van der Waals surface area contributed by atoms with Crippen LogP contribution in [0.2, 0.25) is 0 Å². The van der Waals surface area contributed by atoms with Crippen LogP contribution in [0.3, 0.4) is 0 Å². The number of anilines is 1. The molecule has 26 heavy (non-hydrogen) atoms. The van der Waals surface area contributed by atoms with Gasteiger partial charge < -0.3 is 15.4 Å². The molecule has 146 valence electrons. The first kappa shape index (κ1) is 22.0. The van der Waals surface area contributed by atoms with Crippen LogP contribution in [-0.2, 0) is 9.59 Å². The van der Waals surface area contributed by atoms with Crippen LogP contribution in [0.5, 0.6) is 5.75 Å². The van der Waals surface area contributed by atoms with Crippen molar-refractivity contribution in [2.75, 3.05) is 11.9 Å². The molecule has 0 bridgehead atoms. The summed E-state index contributed by atoms with van der Waals surface area (Å²) in [4.78, 5) is 23.7. The summed E-state index contributed by atoms with van der Waals surface area (Å²) in [5, 5.41) is 5.27. The van der Waals surface area contributed by atoms with Gasteiger partial charge in [0.1, 0.15) is 5.75 Å². The Morgan fingerprint density at radius 3 is 2.04 bits per heavy atom. The van der Waals surface area contributed by atoms with Crippen LogP contribution in [0.25, 0.3) is 0 Å². The molecule has 0 aliphatic rings. The molecule has 0 saturated heterocycles. The first-order valence-corrected chi connectivity index (χ1v) is 9.88. The molecule has 1 rings (SSSR count). The number of carbonyl (C=O) groups excluding carboxylic acids is 2. The maximum atomic E-state index is 11.9. The molecule has 0 saturated carbocycles. The lowest BCUT2D eigenvalue weighted by atomic mass is 10.1. The van der Waals surface area contributed by atoms with Crippen LogP contribution in [0.1, 0.15) is 72.1 Å². The van der Waals surface area contributed by atoms with Crippen molar-refractivity contribution in [1.82, 2.24) is 5.32 Å². The van der Waals surface area contributed by atoms with E-state index in [2.05, 4.69) is 17.6 Å². The van der Waals surface area contributed by atoms with Gasteiger partial charge in [0.05, 0.1) is 6.10 Å². The zero-order valence-corrected chi connectivity index (χ0v) is 16.5. The molecule has 1 aromatic rings. The van der Waals surface area contributed by atoms with Crippen molar-refractivity contribution in [2.24, 2.45) is 0 Å². The molecule has 0 heterocycles. The summed E-state index contributed by atoms with van der Waals surface area (Å²) in [7, 11) is 0. The van der Waals surface area contributed by atoms with Crippen LogP contribution in [-0.4, -0.2) is 24.5 Å². The van der Waals surface area contributed by atoms with E-state index in [0.717, 1.165) is 18.6 Å². The minimum absolute atomic E-state index is 0.0950. The maximum Gasteiger partial charge on any atom is 0.313 e. The summed E-state index contributed by atoms with van der Waals surface area (Å²) < 4.78 is 5.54. The number of hydrogen-bond acceptors (Lipinski definition) is 3. The molecular formula is C21H34N2O3. The molecule has 5 nitrogen and oxygen atoms in total. The molecular weight excluding hydrogens is 328 g/mol. The van der Waals surface area contributed by atoms with Gasteiger partial charge in [-0.15, -0.1) is 0 Å². The molecule has 0 unspecified atom stereocenters. The quantitative estimate of drug-likeness (QED) is 0.419. The smallest absolute Gasteiger partial charge is 0.313 e. The average molecular weight is 363 g/mol. The number of hydrogen-bond donors (Lipinski definition) is 2. The summed E-state index contributed by atoms with van der Waals surface area (Å²) in [6.07, 6.45) is 9.74. The van der Waals surface area contributed by atoms with E-state index in [1.807, 2.05) is 13.8 Å². The molecule has 1 aromatic carbocycles. The standard InChI is InChI=1S/C21H34N2O3/c1-4-5-6-7-8-9-10-11-16-22-20(24)21(25)23-18-12-14-19(15-13-18)26-17(2)3/h12-15,17H,4-11,16H2,1-3H3,(H,22,24)(H,23,25). The zero-order valence-electron chi connectivity index (χ0n) is 16.5. The SMILES string of the molecule is CCCCCCCCCCNC(=O)C(=O)Nc1ccc(OC(C)C)cc1. The Bertz CT molecular complexity index is 527. The van der Waals surface area contributed by atoms with Gasteiger partial charge in [-0.3, -0.25) is 9.59 Å². The molecule has 0 spiro atoms. The van der Waals surface area contributed by atoms with Crippen LogP contribution < -0.4 is 15.4 Å². The molecule has 2 N–H and O–H groups in total. The summed E-state index contributed by atoms with van der Waals surface area (Å²) in [6, 6.07) is 6.99. The van der Waals surface area contributed by atoms with Crippen molar-refractivity contribution in [2.45, 2.75) is 78.2 Å². The van der Waals surface area contributed by atoms with E-state index in [-0.39, 0.29) is 6.10 Å². The third kappa shape index (κ3) is 10.1. The van der Waals surface area contributed by atoms with Crippen LogP contribution >= 0.6 is 0 Å². The lowest BCUT2D eigenvalue weighted by Crippen LogP contribution is -2.35. The molecule has 0 aliphatic heterocycles. The van der Waals surface area contributed by atoms with Crippen LogP contribution in [0.15, 0.2) is 24.3 Å². The predicted octanol–water partition coefficient (Wildman–Crippen LogP) is 4.67. The summed E-state index contributed by atoms with van der Waals surface area (Å²) >= 11 is 0. The van der Waals surface area contributed by atoms with Crippen LogP contribution in [0, 0.1) is 0 Å². The zero-order chi connectivity index (χ0) is 19.2. The van der Waals surface area contributed by atoms with Gasteiger partial charge in [0.25, 0.3) is 0 Å². The monoisotopic (exact) mass is 362 g/mol. The molecule has 0 fully saturated rings. The van der Waals surface area contributed by atoms with E-state index in [0.29, 0.717) is 12.2 Å². The highest BCUT2D eigenvalue weighted by Gasteiger charge is 2.12. The summed E-state index contributed by atoms with van der Waals surface area (Å²) in [6.45, 7) is 6.66.